The van der Waals surface area contributed by atoms with E-state index >= 15 is 0 Å². The van der Waals surface area contributed by atoms with Gasteiger partial charge in [-0.25, -0.2) is 0 Å². The Morgan fingerprint density at radius 1 is 1.50 bits per heavy atom. The molecule has 1 fully saturated rings. The monoisotopic (exact) mass is 200 g/mol. The Kier molecular flexibility index (Phi) is 2.91. The van der Waals surface area contributed by atoms with Gasteiger partial charge in [0.25, 0.3) is 0 Å². The minimum absolute atomic E-state index is 0.0790. The summed E-state index contributed by atoms with van der Waals surface area (Å²) in [5.74, 6) is -0.225. The third-order valence-corrected chi connectivity index (χ3v) is 4.25. The van der Waals surface area contributed by atoms with Crippen molar-refractivity contribution in [3.8, 4) is 0 Å². The van der Waals surface area contributed by atoms with Gasteiger partial charge in [-0.05, 0) is 23.7 Å². The summed E-state index contributed by atoms with van der Waals surface area (Å²) in [5, 5.41) is 9.38. The first kappa shape index (κ1) is 11.5. The molecule has 1 aliphatic carbocycles. The highest BCUT2D eigenvalue weighted by Crippen LogP contribution is 2.55. The van der Waals surface area contributed by atoms with Crippen LogP contribution >= 0.6 is 0 Å². The summed E-state index contributed by atoms with van der Waals surface area (Å²) < 4.78 is 4.79. The topological polar surface area (TPSA) is 46.5 Å². The second kappa shape index (κ2) is 3.54. The van der Waals surface area contributed by atoms with Crippen molar-refractivity contribution in [1.29, 1.82) is 0 Å². The first-order chi connectivity index (χ1) is 6.39. The standard InChI is InChI=1S/C11H20O3/c1-10(2)8(9(13)14-4)5-6-11(10,3)7-12/h8,12H,5-7H2,1-4H3. The highest BCUT2D eigenvalue weighted by atomic mass is 16.5. The Hall–Kier alpha value is -0.570. The summed E-state index contributed by atoms with van der Waals surface area (Å²) in [6, 6.07) is 0. The van der Waals surface area contributed by atoms with Crippen LogP contribution in [-0.4, -0.2) is 24.8 Å². The third kappa shape index (κ3) is 1.44. The van der Waals surface area contributed by atoms with E-state index in [0.717, 1.165) is 12.8 Å². The van der Waals surface area contributed by atoms with Gasteiger partial charge in [-0.3, -0.25) is 4.79 Å². The lowest BCUT2D eigenvalue weighted by atomic mass is 9.66. The molecule has 1 N–H and O–H groups in total. The van der Waals surface area contributed by atoms with Gasteiger partial charge in [-0.1, -0.05) is 20.8 Å². The van der Waals surface area contributed by atoms with E-state index < -0.39 is 0 Å². The number of hydrogen-bond donors (Lipinski definition) is 1. The van der Waals surface area contributed by atoms with E-state index in [4.69, 9.17) is 4.74 Å². The van der Waals surface area contributed by atoms with E-state index in [2.05, 4.69) is 0 Å². The van der Waals surface area contributed by atoms with Gasteiger partial charge in [0, 0.05) is 6.61 Å². The third-order valence-electron chi connectivity index (χ3n) is 4.25. The number of hydrogen-bond acceptors (Lipinski definition) is 3. The summed E-state index contributed by atoms with van der Waals surface area (Å²) in [6.07, 6.45) is 1.70. The maximum Gasteiger partial charge on any atom is 0.309 e. The van der Waals surface area contributed by atoms with E-state index in [0.29, 0.717) is 0 Å². The van der Waals surface area contributed by atoms with Gasteiger partial charge in [0.2, 0.25) is 0 Å². The Morgan fingerprint density at radius 2 is 2.07 bits per heavy atom. The smallest absolute Gasteiger partial charge is 0.309 e. The fourth-order valence-corrected chi connectivity index (χ4v) is 2.40. The van der Waals surface area contributed by atoms with Gasteiger partial charge < -0.3 is 9.84 Å². The predicted octanol–water partition coefficient (Wildman–Crippen LogP) is 1.59. The maximum absolute atomic E-state index is 11.5. The molecule has 0 amide bonds. The number of esters is 1. The molecule has 2 atom stereocenters. The van der Waals surface area contributed by atoms with E-state index in [1.54, 1.807) is 0 Å². The van der Waals surface area contributed by atoms with E-state index in [-0.39, 0.29) is 29.3 Å². The van der Waals surface area contributed by atoms with Crippen molar-refractivity contribution in [2.45, 2.75) is 33.6 Å². The summed E-state index contributed by atoms with van der Waals surface area (Å²) in [4.78, 5) is 11.5. The van der Waals surface area contributed by atoms with Crippen molar-refractivity contribution >= 4 is 5.97 Å². The quantitative estimate of drug-likeness (QED) is 0.689. The van der Waals surface area contributed by atoms with Gasteiger partial charge >= 0.3 is 5.97 Å². The van der Waals surface area contributed by atoms with Gasteiger partial charge in [0.05, 0.1) is 13.0 Å². The Morgan fingerprint density at radius 3 is 2.43 bits per heavy atom. The molecule has 0 aliphatic heterocycles. The molecule has 1 rings (SSSR count). The lowest BCUT2D eigenvalue weighted by Crippen LogP contribution is -2.40. The van der Waals surface area contributed by atoms with Crippen LogP contribution in [0.3, 0.4) is 0 Å². The number of aliphatic hydroxyl groups is 1. The van der Waals surface area contributed by atoms with Crippen molar-refractivity contribution in [3.63, 3.8) is 0 Å². The molecule has 0 aromatic carbocycles. The van der Waals surface area contributed by atoms with Crippen LogP contribution in [0.25, 0.3) is 0 Å². The van der Waals surface area contributed by atoms with E-state index in [1.807, 2.05) is 20.8 Å². The van der Waals surface area contributed by atoms with Gasteiger partial charge in [-0.2, -0.15) is 0 Å². The molecule has 82 valence electrons. The van der Waals surface area contributed by atoms with Crippen LogP contribution in [0, 0.1) is 16.7 Å². The number of ether oxygens (including phenoxy) is 1. The highest BCUT2D eigenvalue weighted by molar-refractivity contribution is 5.73. The summed E-state index contributed by atoms with van der Waals surface area (Å²) in [5.41, 5.74) is -0.347. The molecule has 1 saturated carbocycles. The van der Waals surface area contributed by atoms with Crippen molar-refractivity contribution < 1.29 is 14.6 Å². The van der Waals surface area contributed by atoms with Crippen LogP contribution in [0.2, 0.25) is 0 Å². The zero-order valence-electron chi connectivity index (χ0n) is 9.46. The molecule has 0 heterocycles. The van der Waals surface area contributed by atoms with Crippen molar-refractivity contribution in [2.75, 3.05) is 13.7 Å². The van der Waals surface area contributed by atoms with Crippen molar-refractivity contribution in [1.82, 2.24) is 0 Å². The number of carbonyl (C=O) groups is 1. The molecule has 0 spiro atoms. The van der Waals surface area contributed by atoms with Gasteiger partial charge in [0.1, 0.15) is 0 Å². The Bertz CT molecular complexity index is 235. The molecule has 0 bridgehead atoms. The highest BCUT2D eigenvalue weighted by Gasteiger charge is 2.54. The van der Waals surface area contributed by atoms with Crippen LogP contribution in [0.15, 0.2) is 0 Å². The molecule has 3 nitrogen and oxygen atoms in total. The Balaban J connectivity index is 2.91. The lowest BCUT2D eigenvalue weighted by molar-refractivity contribution is -0.150. The molecule has 1 aliphatic rings. The molecule has 0 aromatic heterocycles. The zero-order chi connectivity index (χ0) is 11.0. The fraction of sp³-hybridized carbons (Fsp3) is 0.909. The molecular weight excluding hydrogens is 180 g/mol. The minimum atomic E-state index is -0.186. The Labute approximate surface area is 85.5 Å². The molecule has 0 aromatic rings. The first-order valence-corrected chi connectivity index (χ1v) is 5.08. The molecule has 0 saturated heterocycles. The SMILES string of the molecule is COC(=O)C1CCC(C)(CO)C1(C)C. The summed E-state index contributed by atoms with van der Waals surface area (Å²) in [7, 11) is 1.42. The number of rotatable bonds is 2. The fourth-order valence-electron chi connectivity index (χ4n) is 2.40. The van der Waals surface area contributed by atoms with E-state index in [1.165, 1.54) is 7.11 Å². The van der Waals surface area contributed by atoms with Crippen LogP contribution in [0.1, 0.15) is 33.6 Å². The summed E-state index contributed by atoms with van der Waals surface area (Å²) in [6.45, 7) is 6.25. The van der Waals surface area contributed by atoms with Crippen molar-refractivity contribution in [3.05, 3.63) is 0 Å². The van der Waals surface area contributed by atoms with Gasteiger partial charge in [0.15, 0.2) is 0 Å². The van der Waals surface area contributed by atoms with Crippen LogP contribution in [-0.2, 0) is 9.53 Å². The molecule has 0 radical (unpaired) electrons. The largest absolute Gasteiger partial charge is 0.469 e. The number of aliphatic hydroxyl groups excluding tert-OH is 1. The van der Waals surface area contributed by atoms with Gasteiger partial charge in [-0.15, -0.1) is 0 Å². The molecule has 3 heteroatoms. The van der Waals surface area contributed by atoms with Crippen LogP contribution in [0.5, 0.6) is 0 Å². The molecular formula is C11H20O3. The predicted molar refractivity (Wildman–Crippen MR) is 53.7 cm³/mol. The minimum Gasteiger partial charge on any atom is -0.469 e. The first-order valence-electron chi connectivity index (χ1n) is 5.08. The number of methoxy groups -OCH3 is 1. The molecule has 14 heavy (non-hydrogen) atoms. The van der Waals surface area contributed by atoms with E-state index in [9.17, 15) is 9.90 Å². The second-order valence-electron chi connectivity index (χ2n) is 5.05. The van der Waals surface area contributed by atoms with Crippen LogP contribution in [0.4, 0.5) is 0 Å². The average molecular weight is 200 g/mol. The summed E-state index contributed by atoms with van der Waals surface area (Å²) >= 11 is 0. The zero-order valence-corrected chi connectivity index (χ0v) is 9.46. The molecule has 2 unspecified atom stereocenters. The lowest BCUT2D eigenvalue weighted by Gasteiger charge is -2.39. The normalized spacial score (nSPS) is 35.6. The number of carbonyl (C=O) groups excluding carboxylic acids is 1. The van der Waals surface area contributed by atoms with Crippen molar-refractivity contribution in [2.24, 2.45) is 16.7 Å². The second-order valence-corrected chi connectivity index (χ2v) is 5.05. The average Bonchev–Trinajstić information content (AvgIpc) is 2.38. The van der Waals surface area contributed by atoms with Crippen LogP contribution < -0.4 is 0 Å². The maximum atomic E-state index is 11.5.